The lowest BCUT2D eigenvalue weighted by Crippen LogP contribution is -2.47. The Morgan fingerprint density at radius 2 is 1.70 bits per heavy atom. The minimum Gasteiger partial charge on any atom is -0.459 e. The molecule has 0 aromatic heterocycles. The van der Waals surface area contributed by atoms with Gasteiger partial charge in [0.05, 0.1) is 10.5 Å². The van der Waals surface area contributed by atoms with Gasteiger partial charge >= 0.3 is 12.0 Å². The van der Waals surface area contributed by atoms with E-state index in [4.69, 9.17) is 4.74 Å². The maximum atomic E-state index is 12.4. The zero-order valence-corrected chi connectivity index (χ0v) is 15.0. The summed E-state index contributed by atoms with van der Waals surface area (Å²) in [5.41, 5.74) is 0.749. The standard InChI is InChI=1S/C19H21N3O5/c1-13(2)17(21-19(24)20-15-9-4-3-5-10-15)18(23)27-12-14-8-6-7-11-16(14)22(25)26/h3-11,13,17H,12H2,1-2H3,(H2,20,21,24)/t17-/m1/s1. The number of nitro benzene ring substituents is 1. The van der Waals surface area contributed by atoms with Crippen molar-refractivity contribution in [3.63, 3.8) is 0 Å². The molecule has 0 bridgehead atoms. The van der Waals surface area contributed by atoms with E-state index in [-0.39, 0.29) is 23.8 Å². The summed E-state index contributed by atoms with van der Waals surface area (Å²) in [5, 5.41) is 16.2. The number of hydrogen-bond donors (Lipinski definition) is 2. The fourth-order valence-electron chi connectivity index (χ4n) is 2.38. The van der Waals surface area contributed by atoms with Crippen LogP contribution in [0.2, 0.25) is 0 Å². The predicted molar refractivity (Wildman–Crippen MR) is 100 cm³/mol. The highest BCUT2D eigenvalue weighted by molar-refractivity contribution is 5.92. The molecule has 0 spiro atoms. The summed E-state index contributed by atoms with van der Waals surface area (Å²) in [7, 11) is 0. The largest absolute Gasteiger partial charge is 0.459 e. The van der Waals surface area contributed by atoms with E-state index in [0.717, 1.165) is 0 Å². The molecule has 1 atom stereocenters. The van der Waals surface area contributed by atoms with Gasteiger partial charge in [-0.2, -0.15) is 0 Å². The molecule has 0 heterocycles. The van der Waals surface area contributed by atoms with Crippen molar-refractivity contribution in [2.24, 2.45) is 5.92 Å². The van der Waals surface area contributed by atoms with E-state index < -0.39 is 23.0 Å². The first kappa shape index (κ1) is 19.9. The fourth-order valence-corrected chi connectivity index (χ4v) is 2.38. The maximum absolute atomic E-state index is 12.4. The van der Waals surface area contributed by atoms with Gasteiger partial charge < -0.3 is 15.4 Å². The highest BCUT2D eigenvalue weighted by Gasteiger charge is 2.26. The highest BCUT2D eigenvalue weighted by Crippen LogP contribution is 2.19. The molecule has 8 heteroatoms. The van der Waals surface area contributed by atoms with Gasteiger partial charge in [-0.3, -0.25) is 10.1 Å². The Bertz CT molecular complexity index is 808. The number of carbonyl (C=O) groups is 2. The smallest absolute Gasteiger partial charge is 0.329 e. The lowest BCUT2D eigenvalue weighted by molar-refractivity contribution is -0.385. The Morgan fingerprint density at radius 1 is 1.07 bits per heavy atom. The zero-order chi connectivity index (χ0) is 19.8. The molecular formula is C19H21N3O5. The van der Waals surface area contributed by atoms with E-state index in [1.54, 1.807) is 44.2 Å². The minimum absolute atomic E-state index is 0.124. The number of para-hydroxylation sites is 2. The van der Waals surface area contributed by atoms with E-state index in [1.807, 2.05) is 6.07 Å². The number of ether oxygens (including phenoxy) is 1. The number of nitro groups is 1. The third kappa shape index (κ3) is 5.81. The Labute approximate surface area is 156 Å². The summed E-state index contributed by atoms with van der Waals surface area (Å²) in [6.45, 7) is 3.28. The van der Waals surface area contributed by atoms with E-state index in [2.05, 4.69) is 10.6 Å². The van der Waals surface area contributed by atoms with Gasteiger partial charge in [-0.15, -0.1) is 0 Å². The molecule has 2 aromatic rings. The van der Waals surface area contributed by atoms with Crippen LogP contribution < -0.4 is 10.6 Å². The zero-order valence-electron chi connectivity index (χ0n) is 15.0. The van der Waals surface area contributed by atoms with Crippen LogP contribution in [-0.4, -0.2) is 23.0 Å². The topological polar surface area (TPSA) is 111 Å². The molecule has 0 aliphatic heterocycles. The van der Waals surface area contributed by atoms with Crippen molar-refractivity contribution < 1.29 is 19.2 Å². The molecule has 2 N–H and O–H groups in total. The Hall–Kier alpha value is -3.42. The molecule has 0 saturated heterocycles. The number of esters is 1. The van der Waals surface area contributed by atoms with Crippen LogP contribution in [0.4, 0.5) is 16.2 Å². The van der Waals surface area contributed by atoms with Crippen molar-refractivity contribution in [1.82, 2.24) is 5.32 Å². The van der Waals surface area contributed by atoms with Gasteiger partial charge in [-0.05, 0) is 24.1 Å². The summed E-state index contributed by atoms with van der Waals surface area (Å²) in [6.07, 6.45) is 0. The summed E-state index contributed by atoms with van der Waals surface area (Å²) >= 11 is 0. The number of benzene rings is 2. The quantitative estimate of drug-likeness (QED) is 0.440. The number of anilines is 1. The first-order valence-electron chi connectivity index (χ1n) is 8.40. The first-order valence-corrected chi connectivity index (χ1v) is 8.40. The molecule has 0 radical (unpaired) electrons. The van der Waals surface area contributed by atoms with Gasteiger partial charge in [0.25, 0.3) is 5.69 Å². The Morgan fingerprint density at radius 3 is 2.33 bits per heavy atom. The molecule has 2 rings (SSSR count). The second-order valence-corrected chi connectivity index (χ2v) is 6.18. The number of amides is 2. The molecule has 2 amide bonds. The predicted octanol–water partition coefficient (Wildman–Crippen LogP) is 3.48. The molecule has 2 aromatic carbocycles. The third-order valence-electron chi connectivity index (χ3n) is 3.80. The highest BCUT2D eigenvalue weighted by atomic mass is 16.6. The summed E-state index contributed by atoms with van der Waals surface area (Å²) < 4.78 is 5.21. The number of rotatable bonds is 7. The van der Waals surface area contributed by atoms with Gasteiger partial charge in [0.15, 0.2) is 0 Å². The van der Waals surface area contributed by atoms with Crippen molar-refractivity contribution in [3.05, 3.63) is 70.3 Å². The number of nitrogens with one attached hydrogen (secondary N) is 2. The van der Waals surface area contributed by atoms with Crippen LogP contribution in [0.1, 0.15) is 19.4 Å². The Kier molecular flexibility index (Phi) is 6.87. The van der Waals surface area contributed by atoms with Gasteiger partial charge in [0, 0.05) is 11.8 Å². The van der Waals surface area contributed by atoms with Gasteiger partial charge in [-0.25, -0.2) is 9.59 Å². The monoisotopic (exact) mass is 371 g/mol. The van der Waals surface area contributed by atoms with Crippen LogP contribution in [0.15, 0.2) is 54.6 Å². The van der Waals surface area contributed by atoms with E-state index in [1.165, 1.54) is 18.2 Å². The summed E-state index contributed by atoms with van der Waals surface area (Å²) in [5.74, 6) is -0.892. The second kappa shape index (κ2) is 9.33. The van der Waals surface area contributed by atoms with Gasteiger partial charge in [0.2, 0.25) is 0 Å². The summed E-state index contributed by atoms with van der Waals surface area (Å²) in [4.78, 5) is 35.0. The second-order valence-electron chi connectivity index (χ2n) is 6.18. The molecule has 0 aliphatic carbocycles. The average Bonchev–Trinajstić information content (AvgIpc) is 2.65. The van der Waals surface area contributed by atoms with Crippen molar-refractivity contribution in [2.45, 2.75) is 26.5 Å². The molecule has 142 valence electrons. The summed E-state index contributed by atoms with van der Waals surface area (Å²) in [6, 6.07) is 13.4. The van der Waals surface area contributed by atoms with Crippen molar-refractivity contribution in [2.75, 3.05) is 5.32 Å². The molecule has 8 nitrogen and oxygen atoms in total. The van der Waals surface area contributed by atoms with Crippen molar-refractivity contribution >= 4 is 23.4 Å². The Balaban J connectivity index is 1.99. The van der Waals surface area contributed by atoms with E-state index in [0.29, 0.717) is 5.69 Å². The third-order valence-corrected chi connectivity index (χ3v) is 3.80. The van der Waals surface area contributed by atoms with Crippen molar-refractivity contribution in [3.8, 4) is 0 Å². The SMILES string of the molecule is CC(C)[C@@H](NC(=O)Nc1ccccc1)C(=O)OCc1ccccc1[N+](=O)[O-]. The van der Waals surface area contributed by atoms with Crippen LogP contribution in [0.5, 0.6) is 0 Å². The molecule has 0 saturated carbocycles. The van der Waals surface area contributed by atoms with Crippen LogP contribution in [-0.2, 0) is 16.1 Å². The van der Waals surface area contributed by atoms with Crippen LogP contribution in [0, 0.1) is 16.0 Å². The van der Waals surface area contributed by atoms with E-state index >= 15 is 0 Å². The minimum atomic E-state index is -0.892. The van der Waals surface area contributed by atoms with E-state index in [9.17, 15) is 19.7 Å². The molecule has 27 heavy (non-hydrogen) atoms. The van der Waals surface area contributed by atoms with Crippen LogP contribution >= 0.6 is 0 Å². The van der Waals surface area contributed by atoms with Gasteiger partial charge in [-0.1, -0.05) is 44.2 Å². The lowest BCUT2D eigenvalue weighted by Gasteiger charge is -2.21. The van der Waals surface area contributed by atoms with Crippen molar-refractivity contribution in [1.29, 1.82) is 0 Å². The maximum Gasteiger partial charge on any atom is 0.329 e. The average molecular weight is 371 g/mol. The number of hydrogen-bond acceptors (Lipinski definition) is 5. The molecule has 0 fully saturated rings. The van der Waals surface area contributed by atoms with Crippen LogP contribution in [0.3, 0.4) is 0 Å². The van der Waals surface area contributed by atoms with Crippen LogP contribution in [0.25, 0.3) is 0 Å². The molecule has 0 unspecified atom stereocenters. The lowest BCUT2D eigenvalue weighted by atomic mass is 10.1. The first-order chi connectivity index (χ1) is 12.9. The fraction of sp³-hybridized carbons (Fsp3) is 0.263. The van der Waals surface area contributed by atoms with Gasteiger partial charge in [0.1, 0.15) is 12.6 Å². The normalized spacial score (nSPS) is 11.5. The number of urea groups is 1. The number of carbonyl (C=O) groups excluding carboxylic acids is 2. The number of nitrogens with zero attached hydrogens (tertiary/aromatic N) is 1. The molecular weight excluding hydrogens is 350 g/mol. The molecule has 0 aliphatic rings.